The fourth-order valence-electron chi connectivity index (χ4n) is 3.72. The highest BCUT2D eigenvalue weighted by Crippen LogP contribution is 2.30. The van der Waals surface area contributed by atoms with Crippen molar-refractivity contribution < 1.29 is 33.4 Å². The predicted octanol–water partition coefficient (Wildman–Crippen LogP) is 1.91. The molecule has 1 atom stereocenters. The van der Waals surface area contributed by atoms with Gasteiger partial charge in [0, 0.05) is 43.7 Å². The molecule has 1 heterocycles. The van der Waals surface area contributed by atoms with E-state index in [0.29, 0.717) is 31.2 Å². The normalized spacial score (nSPS) is 16.2. The molecule has 0 radical (unpaired) electrons. The zero-order valence-corrected chi connectivity index (χ0v) is 19.0. The number of rotatable bonds is 10. The van der Waals surface area contributed by atoms with E-state index in [2.05, 4.69) is 4.90 Å². The van der Waals surface area contributed by atoms with Gasteiger partial charge in [-0.25, -0.2) is 9.18 Å². The van der Waals surface area contributed by atoms with Gasteiger partial charge in [0.05, 0.1) is 6.04 Å². The van der Waals surface area contributed by atoms with Gasteiger partial charge in [0.25, 0.3) is 5.91 Å². The number of nitrogens with zero attached hydrogens (tertiary/aromatic N) is 2. The third kappa shape index (κ3) is 7.32. The number of carboxylic acid groups (broad SMARTS) is 1. The number of halogens is 2. The Hall–Kier alpha value is -3.37. The van der Waals surface area contributed by atoms with Gasteiger partial charge in [0.1, 0.15) is 5.82 Å². The van der Waals surface area contributed by atoms with Crippen molar-refractivity contribution in [3.8, 4) is 11.5 Å². The molecule has 9 nitrogen and oxygen atoms in total. The van der Waals surface area contributed by atoms with Gasteiger partial charge in [-0.3, -0.25) is 14.5 Å². The number of nitrogens with two attached hydrogens (primary N) is 1. The van der Waals surface area contributed by atoms with Crippen molar-refractivity contribution in [2.45, 2.75) is 19.0 Å². The van der Waals surface area contributed by atoms with E-state index in [1.54, 1.807) is 17.0 Å². The number of hydrogen-bond donors (Lipinski definition) is 2. The molecule has 0 saturated carbocycles. The first-order chi connectivity index (χ1) is 16.2. The summed E-state index contributed by atoms with van der Waals surface area (Å²) in [7, 11) is 0. The monoisotopic (exact) mass is 493 g/mol. The zero-order valence-electron chi connectivity index (χ0n) is 18.3. The van der Waals surface area contributed by atoms with E-state index in [1.807, 2.05) is 0 Å². The number of amides is 2. The lowest BCUT2D eigenvalue weighted by atomic mass is 10.1. The van der Waals surface area contributed by atoms with Gasteiger partial charge in [0.15, 0.2) is 24.7 Å². The molecule has 2 aromatic rings. The number of primary amides is 1. The molecule has 182 valence electrons. The Morgan fingerprint density at radius 1 is 1.06 bits per heavy atom. The van der Waals surface area contributed by atoms with Crippen molar-refractivity contribution in [3.63, 3.8) is 0 Å². The van der Waals surface area contributed by atoms with Crippen LogP contribution < -0.4 is 15.2 Å². The van der Waals surface area contributed by atoms with Crippen molar-refractivity contribution in [1.29, 1.82) is 0 Å². The Labute approximate surface area is 200 Å². The summed E-state index contributed by atoms with van der Waals surface area (Å²) >= 11 is 5.94. The number of piperazine rings is 1. The molecular weight excluding hydrogens is 469 g/mol. The van der Waals surface area contributed by atoms with Gasteiger partial charge in [-0.1, -0.05) is 23.7 Å². The molecule has 3 N–H and O–H groups in total. The molecule has 2 aromatic carbocycles. The standard InChI is InChI=1S/C23H25ClFN3O6/c24-16-3-6-19(20(9-16)34-14-23(31)32)33-13-22(30)28-8-7-27(12-18(28)10-21(26)29)11-15-1-4-17(25)5-2-15/h1-6,9,18H,7-8,10-14H2,(H2,26,29)(H,31,32)/t18-/m1/s1. The predicted molar refractivity (Wildman–Crippen MR) is 121 cm³/mol. The fraction of sp³-hybridized carbons (Fsp3) is 0.348. The van der Waals surface area contributed by atoms with E-state index in [-0.39, 0.29) is 36.3 Å². The quantitative estimate of drug-likeness (QED) is 0.518. The fourth-order valence-corrected chi connectivity index (χ4v) is 3.88. The number of hydrogen-bond acceptors (Lipinski definition) is 6. The van der Waals surface area contributed by atoms with E-state index >= 15 is 0 Å². The lowest BCUT2D eigenvalue weighted by molar-refractivity contribution is -0.141. The van der Waals surface area contributed by atoms with Crippen molar-refractivity contribution >= 4 is 29.4 Å². The molecule has 11 heteroatoms. The lowest BCUT2D eigenvalue weighted by Crippen LogP contribution is -2.56. The molecule has 1 aliphatic heterocycles. The minimum atomic E-state index is -1.17. The maximum absolute atomic E-state index is 13.2. The van der Waals surface area contributed by atoms with Gasteiger partial charge in [-0.2, -0.15) is 0 Å². The third-order valence-electron chi connectivity index (χ3n) is 5.25. The molecule has 34 heavy (non-hydrogen) atoms. The minimum Gasteiger partial charge on any atom is -0.480 e. The lowest BCUT2D eigenvalue weighted by Gasteiger charge is -2.41. The Morgan fingerprint density at radius 3 is 2.44 bits per heavy atom. The van der Waals surface area contributed by atoms with E-state index in [4.69, 9.17) is 31.9 Å². The molecule has 0 spiro atoms. The van der Waals surface area contributed by atoms with Crippen LogP contribution in [0, 0.1) is 5.82 Å². The average Bonchev–Trinajstić information content (AvgIpc) is 2.78. The molecule has 1 saturated heterocycles. The first-order valence-corrected chi connectivity index (χ1v) is 10.9. The maximum Gasteiger partial charge on any atom is 0.341 e. The van der Waals surface area contributed by atoms with Crippen molar-refractivity contribution in [2.24, 2.45) is 5.73 Å². The molecule has 0 bridgehead atoms. The van der Waals surface area contributed by atoms with Gasteiger partial charge >= 0.3 is 5.97 Å². The Kier molecular flexibility index (Phi) is 8.67. The summed E-state index contributed by atoms with van der Waals surface area (Å²) in [5.41, 5.74) is 6.33. The van der Waals surface area contributed by atoms with Crippen molar-refractivity contribution in [1.82, 2.24) is 9.80 Å². The molecule has 0 unspecified atom stereocenters. The van der Waals surface area contributed by atoms with Crippen LogP contribution in [0.4, 0.5) is 4.39 Å². The Bertz CT molecular complexity index is 1040. The Balaban J connectivity index is 1.63. The van der Waals surface area contributed by atoms with Gasteiger partial charge < -0.3 is 25.2 Å². The molecule has 2 amide bonds. The van der Waals surface area contributed by atoms with E-state index in [1.165, 1.54) is 30.3 Å². The Morgan fingerprint density at radius 2 is 1.76 bits per heavy atom. The van der Waals surface area contributed by atoms with Gasteiger partial charge in [0.2, 0.25) is 5.91 Å². The smallest absolute Gasteiger partial charge is 0.341 e. The number of aliphatic carboxylic acids is 1. The molecule has 1 fully saturated rings. The number of carboxylic acids is 1. The summed E-state index contributed by atoms with van der Waals surface area (Å²) in [6.07, 6.45) is -0.0143. The largest absolute Gasteiger partial charge is 0.480 e. The van der Waals surface area contributed by atoms with Crippen LogP contribution in [0.25, 0.3) is 0 Å². The van der Waals surface area contributed by atoms with Gasteiger partial charge in [-0.05, 0) is 29.8 Å². The molecule has 0 aromatic heterocycles. The molecule has 1 aliphatic rings. The highest BCUT2D eigenvalue weighted by atomic mass is 35.5. The summed E-state index contributed by atoms with van der Waals surface area (Å²) in [5.74, 6) is -2.11. The van der Waals surface area contributed by atoms with E-state index in [0.717, 1.165) is 5.56 Å². The second-order valence-corrected chi connectivity index (χ2v) is 8.27. The summed E-state index contributed by atoms with van der Waals surface area (Å²) in [4.78, 5) is 39.0. The van der Waals surface area contributed by atoms with Crippen LogP contribution in [0.15, 0.2) is 42.5 Å². The SMILES string of the molecule is NC(=O)C[C@@H]1CN(Cc2ccc(F)cc2)CCN1C(=O)COc1ccc(Cl)cc1OCC(=O)O. The second kappa shape index (κ2) is 11.7. The highest BCUT2D eigenvalue weighted by Gasteiger charge is 2.32. The van der Waals surface area contributed by atoms with Crippen molar-refractivity contribution in [3.05, 3.63) is 58.9 Å². The zero-order chi connectivity index (χ0) is 24.7. The third-order valence-corrected chi connectivity index (χ3v) is 5.49. The first-order valence-electron chi connectivity index (χ1n) is 10.5. The topological polar surface area (TPSA) is 122 Å². The highest BCUT2D eigenvalue weighted by molar-refractivity contribution is 6.30. The molecule has 0 aliphatic carbocycles. The number of benzene rings is 2. The number of carbonyl (C=O) groups excluding carboxylic acids is 2. The summed E-state index contributed by atoms with van der Waals surface area (Å²) in [5, 5.41) is 9.15. The van der Waals surface area contributed by atoms with E-state index < -0.39 is 24.5 Å². The first kappa shape index (κ1) is 25.3. The average molecular weight is 494 g/mol. The second-order valence-electron chi connectivity index (χ2n) is 7.84. The maximum atomic E-state index is 13.2. The number of carbonyl (C=O) groups is 3. The van der Waals surface area contributed by atoms with Crippen molar-refractivity contribution in [2.75, 3.05) is 32.8 Å². The summed E-state index contributed by atoms with van der Waals surface area (Å²) < 4.78 is 23.9. The molecule has 3 rings (SSSR count). The van der Waals surface area contributed by atoms with Crippen LogP contribution >= 0.6 is 11.6 Å². The van der Waals surface area contributed by atoms with Crippen LogP contribution in [0.5, 0.6) is 11.5 Å². The van der Waals surface area contributed by atoms with Crippen LogP contribution in [-0.2, 0) is 20.9 Å². The minimum absolute atomic E-state index is 0.0143. The van der Waals surface area contributed by atoms with Crippen LogP contribution in [0.2, 0.25) is 5.02 Å². The number of ether oxygens (including phenoxy) is 2. The van der Waals surface area contributed by atoms with E-state index in [9.17, 15) is 18.8 Å². The summed E-state index contributed by atoms with van der Waals surface area (Å²) in [6, 6.07) is 10.1. The van der Waals surface area contributed by atoms with Crippen LogP contribution in [0.3, 0.4) is 0 Å². The van der Waals surface area contributed by atoms with Crippen LogP contribution in [-0.4, -0.2) is 71.6 Å². The van der Waals surface area contributed by atoms with Crippen LogP contribution in [0.1, 0.15) is 12.0 Å². The van der Waals surface area contributed by atoms with Gasteiger partial charge in [-0.15, -0.1) is 0 Å². The molecular formula is C23H25ClFN3O6. The summed E-state index contributed by atoms with van der Waals surface area (Å²) in [6.45, 7) is 0.916.